The largest absolute Gasteiger partial charge is 0.336 e. The average molecular weight is 415 g/mol. The van der Waals surface area contributed by atoms with E-state index in [1.54, 1.807) is 6.92 Å². The highest BCUT2D eigenvalue weighted by atomic mass is 35.5. The number of nitrogens with zero attached hydrogens (tertiary/aromatic N) is 4. The molecule has 144 valence electrons. The number of hydrogen-bond donors (Lipinski definition) is 0. The zero-order valence-corrected chi connectivity index (χ0v) is 16.9. The maximum absolute atomic E-state index is 13.1. The van der Waals surface area contributed by atoms with E-state index in [0.717, 1.165) is 19.4 Å². The topological polar surface area (TPSA) is 67.6 Å². The lowest BCUT2D eigenvalue weighted by Crippen LogP contribution is -2.39. The van der Waals surface area contributed by atoms with Gasteiger partial charge in [0, 0.05) is 13.0 Å². The van der Waals surface area contributed by atoms with Crippen molar-refractivity contribution in [1.82, 2.24) is 14.6 Å². The van der Waals surface area contributed by atoms with Crippen molar-refractivity contribution < 1.29 is 4.79 Å². The molecule has 1 aliphatic carbocycles. The molecule has 0 spiro atoms. The summed E-state index contributed by atoms with van der Waals surface area (Å²) in [5, 5.41) is 5.22. The molecule has 3 atom stereocenters. The lowest BCUT2D eigenvalue weighted by Gasteiger charge is -2.25. The van der Waals surface area contributed by atoms with Gasteiger partial charge in [0.15, 0.2) is 5.78 Å². The summed E-state index contributed by atoms with van der Waals surface area (Å²) in [5.74, 6) is 1.21. The maximum Gasteiger partial charge on any atom is 0.294 e. The minimum absolute atomic E-state index is 0.0918. The van der Waals surface area contributed by atoms with Crippen molar-refractivity contribution in [3.63, 3.8) is 0 Å². The van der Waals surface area contributed by atoms with Gasteiger partial charge in [0.05, 0.1) is 11.7 Å². The minimum Gasteiger partial charge on any atom is -0.336 e. The average Bonchev–Trinajstić information content (AvgIpc) is 3.16. The summed E-state index contributed by atoms with van der Waals surface area (Å²) >= 11 is 7.38. The fraction of sp³-hybridized carbons (Fsp3) is 0.400. The maximum atomic E-state index is 13.1. The van der Waals surface area contributed by atoms with Crippen LogP contribution in [-0.4, -0.2) is 33.0 Å². The predicted octanol–water partition coefficient (Wildman–Crippen LogP) is 3.14. The third-order valence-corrected chi connectivity index (χ3v) is 7.12. The van der Waals surface area contributed by atoms with Gasteiger partial charge in [0.1, 0.15) is 5.02 Å². The van der Waals surface area contributed by atoms with Gasteiger partial charge in [-0.3, -0.25) is 9.59 Å². The molecule has 0 amide bonds. The van der Waals surface area contributed by atoms with Gasteiger partial charge in [-0.2, -0.15) is 4.52 Å². The SMILES string of the molecule is Cc1nc2sc(N3C[C@@H]4C[C@@H]4[C@@H]3C(=O)CCc3ccccc3)nn2c(=O)c1Cl. The number of hydrogen-bond acceptors (Lipinski definition) is 6. The van der Waals surface area contributed by atoms with Gasteiger partial charge >= 0.3 is 0 Å². The molecule has 0 N–H and O–H groups in total. The smallest absolute Gasteiger partial charge is 0.294 e. The highest BCUT2D eigenvalue weighted by Crippen LogP contribution is 2.51. The Morgan fingerprint density at radius 1 is 1.32 bits per heavy atom. The van der Waals surface area contributed by atoms with Crippen LogP contribution in [0.4, 0.5) is 5.13 Å². The van der Waals surface area contributed by atoms with Gasteiger partial charge in [-0.25, -0.2) is 4.98 Å². The van der Waals surface area contributed by atoms with E-state index >= 15 is 0 Å². The molecule has 0 bridgehead atoms. The molecule has 5 rings (SSSR count). The molecule has 28 heavy (non-hydrogen) atoms. The van der Waals surface area contributed by atoms with Gasteiger partial charge in [-0.1, -0.05) is 53.3 Å². The van der Waals surface area contributed by atoms with E-state index < -0.39 is 0 Å². The molecule has 2 aliphatic rings. The first kappa shape index (κ1) is 17.8. The molecule has 2 fully saturated rings. The van der Waals surface area contributed by atoms with Gasteiger partial charge < -0.3 is 4.90 Å². The van der Waals surface area contributed by atoms with Crippen molar-refractivity contribution in [3.05, 3.63) is 57.0 Å². The van der Waals surface area contributed by atoms with Crippen LogP contribution in [0.5, 0.6) is 0 Å². The van der Waals surface area contributed by atoms with Crippen LogP contribution in [0.2, 0.25) is 5.02 Å². The molecular formula is C20H19ClN4O2S. The first-order chi connectivity index (χ1) is 13.5. The molecule has 3 aromatic rings. The number of aryl methyl sites for hydroxylation is 2. The second-order valence-corrected chi connectivity index (χ2v) is 8.92. The van der Waals surface area contributed by atoms with E-state index in [1.807, 2.05) is 18.2 Å². The Bertz CT molecular complexity index is 1130. The van der Waals surface area contributed by atoms with Crippen LogP contribution < -0.4 is 10.5 Å². The summed E-state index contributed by atoms with van der Waals surface area (Å²) in [5.41, 5.74) is 1.32. The number of fused-ring (bicyclic) bond motifs is 2. The summed E-state index contributed by atoms with van der Waals surface area (Å²) in [6, 6.07) is 9.93. The normalized spacial score (nSPS) is 23.2. The minimum atomic E-state index is -0.358. The fourth-order valence-electron chi connectivity index (χ4n) is 4.17. The summed E-state index contributed by atoms with van der Waals surface area (Å²) < 4.78 is 1.25. The fourth-order valence-corrected chi connectivity index (χ4v) is 5.27. The van der Waals surface area contributed by atoms with Gasteiger partial charge in [0.2, 0.25) is 10.1 Å². The van der Waals surface area contributed by atoms with Crippen molar-refractivity contribution >= 4 is 38.8 Å². The van der Waals surface area contributed by atoms with Crippen LogP contribution in [0.1, 0.15) is 24.1 Å². The standard InChI is InChI=1S/C20H19ClN4O2S/c1-11-16(21)18(27)25-19(22-11)28-20(23-25)24-10-13-9-14(13)17(24)15(26)8-7-12-5-3-2-4-6-12/h2-6,13-14,17H,7-10H2,1H3/t13-,14-,17+/m0/s1. The number of benzene rings is 1. The zero-order valence-electron chi connectivity index (χ0n) is 15.3. The highest BCUT2D eigenvalue weighted by molar-refractivity contribution is 7.20. The van der Waals surface area contributed by atoms with Crippen LogP contribution >= 0.6 is 22.9 Å². The predicted molar refractivity (Wildman–Crippen MR) is 109 cm³/mol. The number of piperidine rings is 1. The molecule has 2 aromatic heterocycles. The summed E-state index contributed by atoms with van der Waals surface area (Å²) in [4.78, 5) is 32.4. The van der Waals surface area contributed by atoms with Crippen molar-refractivity contribution in [2.24, 2.45) is 11.8 Å². The molecular weight excluding hydrogens is 396 g/mol. The first-order valence-electron chi connectivity index (χ1n) is 9.42. The van der Waals surface area contributed by atoms with Crippen LogP contribution in [-0.2, 0) is 11.2 Å². The molecule has 1 aromatic carbocycles. The summed E-state index contributed by atoms with van der Waals surface area (Å²) in [6.45, 7) is 2.53. The number of halogens is 1. The Hall–Kier alpha value is -2.25. The Balaban J connectivity index is 1.42. The Morgan fingerprint density at radius 3 is 2.89 bits per heavy atom. The van der Waals surface area contributed by atoms with Crippen LogP contribution in [0.15, 0.2) is 35.1 Å². The third-order valence-electron chi connectivity index (χ3n) is 5.74. The number of carbonyl (C=O) groups is 1. The van der Waals surface area contributed by atoms with Crippen molar-refractivity contribution in [3.8, 4) is 0 Å². The zero-order chi connectivity index (χ0) is 19.4. The van der Waals surface area contributed by atoms with Gasteiger partial charge in [-0.15, -0.1) is 5.10 Å². The second kappa shape index (κ2) is 6.67. The van der Waals surface area contributed by atoms with Gasteiger partial charge in [-0.05, 0) is 37.2 Å². The van der Waals surface area contributed by atoms with E-state index in [2.05, 4.69) is 27.1 Å². The molecule has 1 saturated heterocycles. The Labute approximate surface area is 170 Å². The molecule has 1 saturated carbocycles. The lowest BCUT2D eigenvalue weighted by molar-refractivity contribution is -0.120. The number of rotatable bonds is 5. The number of carbonyl (C=O) groups excluding carboxylic acids is 1. The molecule has 0 radical (unpaired) electrons. The number of anilines is 1. The highest BCUT2D eigenvalue weighted by Gasteiger charge is 2.55. The summed E-state index contributed by atoms with van der Waals surface area (Å²) in [7, 11) is 0. The van der Waals surface area contributed by atoms with Gasteiger partial charge in [0.25, 0.3) is 5.56 Å². The second-order valence-electron chi connectivity index (χ2n) is 7.60. The quantitative estimate of drug-likeness (QED) is 0.641. The summed E-state index contributed by atoms with van der Waals surface area (Å²) in [6.07, 6.45) is 2.37. The lowest BCUT2D eigenvalue weighted by atomic mass is 10.0. The monoisotopic (exact) mass is 414 g/mol. The Kier molecular flexibility index (Phi) is 4.25. The van der Waals surface area contributed by atoms with Crippen molar-refractivity contribution in [2.45, 2.75) is 32.2 Å². The van der Waals surface area contributed by atoms with Crippen molar-refractivity contribution in [1.29, 1.82) is 0 Å². The molecule has 0 unspecified atom stereocenters. The van der Waals surface area contributed by atoms with Crippen LogP contribution in [0, 0.1) is 18.8 Å². The first-order valence-corrected chi connectivity index (χ1v) is 10.6. The van der Waals surface area contributed by atoms with Crippen LogP contribution in [0.3, 0.4) is 0 Å². The Morgan fingerprint density at radius 2 is 2.11 bits per heavy atom. The third kappa shape index (κ3) is 2.93. The van der Waals surface area contributed by atoms with E-state index in [1.165, 1.54) is 21.4 Å². The van der Waals surface area contributed by atoms with E-state index in [4.69, 9.17) is 11.6 Å². The van der Waals surface area contributed by atoms with Crippen LogP contribution in [0.25, 0.3) is 4.96 Å². The van der Waals surface area contributed by atoms with E-state index in [0.29, 0.717) is 34.0 Å². The van der Waals surface area contributed by atoms with E-state index in [9.17, 15) is 9.59 Å². The molecule has 6 nitrogen and oxygen atoms in total. The van der Waals surface area contributed by atoms with Crippen molar-refractivity contribution in [2.75, 3.05) is 11.4 Å². The van der Waals surface area contributed by atoms with E-state index in [-0.39, 0.29) is 22.4 Å². The molecule has 8 heteroatoms. The molecule has 3 heterocycles. The molecule has 1 aliphatic heterocycles. The number of ketones is 1. The number of aromatic nitrogens is 3. The number of Topliss-reactive ketones (excluding diaryl/α,β-unsaturated/α-hetero) is 1.